The van der Waals surface area contributed by atoms with Crippen LogP contribution in [0.4, 0.5) is 0 Å². The van der Waals surface area contributed by atoms with E-state index in [1.165, 1.54) is 0 Å². The molecule has 0 aromatic carbocycles. The Morgan fingerprint density at radius 1 is 0.960 bits per heavy atom. The maximum atomic E-state index is 10.3. The molecule has 0 bridgehead atoms. The van der Waals surface area contributed by atoms with E-state index in [2.05, 4.69) is 0 Å². The summed E-state index contributed by atoms with van der Waals surface area (Å²) in [6, 6.07) is -1.04. The minimum absolute atomic E-state index is 0.470. The van der Waals surface area contributed by atoms with Crippen LogP contribution in [0.5, 0.6) is 0 Å². The molecule has 1 heterocycles. The summed E-state index contributed by atoms with van der Waals surface area (Å²) in [5.41, 5.74) is 2.52. The quantitative estimate of drug-likeness (QED) is 0.214. The van der Waals surface area contributed by atoms with Gasteiger partial charge in [0.2, 0.25) is 0 Å². The topological polar surface area (TPSA) is 248 Å². The first kappa shape index (κ1) is 23.1. The van der Waals surface area contributed by atoms with E-state index in [1.54, 1.807) is 0 Å². The van der Waals surface area contributed by atoms with E-state index in [1.807, 2.05) is 0 Å². The van der Waals surface area contributed by atoms with Crippen LogP contribution in [0, 0.1) is 0 Å². The fraction of sp³-hybridized carbons (Fsp3) is 0.750. The third kappa shape index (κ3) is 6.87. The summed E-state index contributed by atoms with van der Waals surface area (Å²) in [6.07, 6.45) is -7.14. The van der Waals surface area contributed by atoms with Crippen LogP contribution in [-0.2, 0) is 19.1 Å². The number of hydrogen-bond acceptors (Lipinski definition) is 10. The molecule has 25 heavy (non-hydrogen) atoms. The van der Waals surface area contributed by atoms with Gasteiger partial charge in [-0.25, -0.2) is 4.79 Å². The Hall–Kier alpha value is -1.87. The van der Waals surface area contributed by atoms with E-state index < -0.39 is 73.6 Å². The highest BCUT2D eigenvalue weighted by atomic mass is 16.6. The van der Waals surface area contributed by atoms with Gasteiger partial charge in [-0.05, 0) is 0 Å². The van der Waals surface area contributed by atoms with Crippen molar-refractivity contribution < 1.29 is 60.0 Å². The first-order valence-corrected chi connectivity index (χ1v) is 6.81. The van der Waals surface area contributed by atoms with Crippen LogP contribution >= 0.6 is 0 Å². The number of carboxylic acid groups (broad SMARTS) is 3. The summed E-state index contributed by atoms with van der Waals surface area (Å²) in [6.45, 7) is -0.470. The number of hydrogen-bond donors (Lipinski definition) is 9. The molecule has 0 unspecified atom stereocenters. The largest absolute Gasteiger partial charge is 0.481 e. The van der Waals surface area contributed by atoms with Gasteiger partial charge in [0, 0.05) is 0 Å². The number of aliphatic hydroxyl groups is 5. The molecule has 146 valence electrons. The monoisotopic (exact) mass is 371 g/mol. The smallest absolute Gasteiger partial charge is 0.336 e. The van der Waals surface area contributed by atoms with Crippen molar-refractivity contribution in [1.29, 1.82) is 0 Å². The third-order valence-corrected chi connectivity index (χ3v) is 3.23. The van der Waals surface area contributed by atoms with Crippen molar-refractivity contribution in [1.82, 2.24) is 0 Å². The number of nitrogens with two attached hydrogens (primary N) is 1. The molecule has 0 amide bonds. The van der Waals surface area contributed by atoms with E-state index >= 15 is 0 Å². The van der Waals surface area contributed by atoms with Gasteiger partial charge < -0.3 is 51.3 Å². The van der Waals surface area contributed by atoms with Crippen LogP contribution in [0.2, 0.25) is 0 Å². The lowest BCUT2D eigenvalue weighted by Crippen LogP contribution is -2.61. The zero-order valence-corrected chi connectivity index (χ0v) is 12.8. The molecule has 1 aliphatic heterocycles. The van der Waals surface area contributed by atoms with Gasteiger partial charge in [-0.2, -0.15) is 0 Å². The second kappa shape index (κ2) is 9.57. The summed E-state index contributed by atoms with van der Waals surface area (Å²) < 4.78 is 4.70. The summed E-state index contributed by atoms with van der Waals surface area (Å²) in [5, 5.41) is 69.9. The van der Waals surface area contributed by atoms with Crippen LogP contribution in [0.25, 0.3) is 0 Å². The highest BCUT2D eigenvalue weighted by Crippen LogP contribution is 2.18. The van der Waals surface area contributed by atoms with Crippen LogP contribution in [0.3, 0.4) is 0 Å². The molecule has 0 aromatic heterocycles. The van der Waals surface area contributed by atoms with Gasteiger partial charge in [0.1, 0.15) is 18.3 Å². The molecule has 13 heteroatoms. The molecule has 1 saturated heterocycles. The maximum absolute atomic E-state index is 10.3. The Labute approximate surface area is 140 Å². The molecule has 10 N–H and O–H groups in total. The lowest BCUT2D eigenvalue weighted by atomic mass is 9.96. The molecular weight excluding hydrogens is 350 g/mol. The number of aliphatic carboxylic acids is 3. The predicted octanol–water partition coefficient (Wildman–Crippen LogP) is -4.50. The minimum Gasteiger partial charge on any atom is -0.481 e. The summed E-state index contributed by atoms with van der Waals surface area (Å²) in [7, 11) is 0. The normalized spacial score (nSPS) is 29.3. The van der Waals surface area contributed by atoms with Crippen LogP contribution in [-0.4, -0.2) is 102 Å². The average molecular weight is 371 g/mol. The van der Waals surface area contributed by atoms with Crippen molar-refractivity contribution in [2.24, 2.45) is 5.73 Å². The highest BCUT2D eigenvalue weighted by molar-refractivity contribution is 5.88. The zero-order chi connectivity index (χ0) is 19.9. The van der Waals surface area contributed by atoms with Crippen LogP contribution < -0.4 is 5.73 Å². The van der Waals surface area contributed by atoms with Gasteiger partial charge in [-0.15, -0.1) is 0 Å². The van der Waals surface area contributed by atoms with Crippen molar-refractivity contribution in [3.63, 3.8) is 0 Å². The summed E-state index contributed by atoms with van der Waals surface area (Å²) in [5.74, 6) is -5.02. The second-order valence-electron chi connectivity index (χ2n) is 5.28. The predicted molar refractivity (Wildman–Crippen MR) is 75.0 cm³/mol. The molecule has 0 spiro atoms. The van der Waals surface area contributed by atoms with Crippen molar-refractivity contribution in [2.45, 2.75) is 49.1 Å². The lowest BCUT2D eigenvalue weighted by Gasteiger charge is -2.38. The number of ether oxygens (including phenoxy) is 1. The molecule has 0 saturated carbocycles. The van der Waals surface area contributed by atoms with E-state index in [0.29, 0.717) is 0 Å². The molecule has 1 rings (SSSR count). The Balaban J connectivity index is 0.000000462. The van der Waals surface area contributed by atoms with E-state index in [9.17, 15) is 24.6 Å². The van der Waals surface area contributed by atoms with Gasteiger partial charge in [0.15, 0.2) is 11.9 Å². The number of carbonyl (C=O) groups is 3. The van der Waals surface area contributed by atoms with Crippen molar-refractivity contribution in [3.05, 3.63) is 0 Å². The van der Waals surface area contributed by atoms with Gasteiger partial charge in [0.05, 0.1) is 25.5 Å². The van der Waals surface area contributed by atoms with Crippen LogP contribution in [0.15, 0.2) is 0 Å². The van der Waals surface area contributed by atoms with Gasteiger partial charge >= 0.3 is 17.9 Å². The van der Waals surface area contributed by atoms with Crippen molar-refractivity contribution in [2.75, 3.05) is 6.61 Å². The Morgan fingerprint density at radius 2 is 1.40 bits per heavy atom. The molecular formula is C12H21NO12. The lowest BCUT2D eigenvalue weighted by molar-refractivity contribution is -0.248. The zero-order valence-electron chi connectivity index (χ0n) is 12.8. The maximum Gasteiger partial charge on any atom is 0.336 e. The SMILES string of the molecule is N[C@@H]1[C@@H](O)[C@H](O)[C@@H](CO)O[C@H]1O.O=C(O)CC(O)(CC(=O)O)C(=O)O. The molecule has 1 fully saturated rings. The fourth-order valence-corrected chi connectivity index (χ4v) is 1.83. The number of carboxylic acids is 3. The Kier molecular flexibility index (Phi) is 8.86. The van der Waals surface area contributed by atoms with Gasteiger partial charge in [-0.3, -0.25) is 9.59 Å². The fourth-order valence-electron chi connectivity index (χ4n) is 1.83. The first-order chi connectivity index (χ1) is 11.4. The molecule has 0 aromatic rings. The van der Waals surface area contributed by atoms with Crippen molar-refractivity contribution in [3.8, 4) is 0 Å². The molecule has 1 aliphatic rings. The average Bonchev–Trinajstić information content (AvgIpc) is 2.47. The molecule has 0 aliphatic carbocycles. The standard InChI is InChI=1S/C6H13NO5.C6H8O7/c7-3-5(10)4(9)2(1-8)12-6(3)11;7-3(8)1-6(13,5(11)12)2-4(9)10/h2-6,8-11H,1,7H2;13H,1-2H2,(H,7,8)(H,9,10)(H,11,12)/t2-,3-,4-,5-,6-;/m1./s1. The van der Waals surface area contributed by atoms with E-state index in [0.717, 1.165) is 0 Å². The third-order valence-electron chi connectivity index (χ3n) is 3.23. The van der Waals surface area contributed by atoms with Crippen LogP contribution in [0.1, 0.15) is 12.8 Å². The number of aliphatic hydroxyl groups excluding tert-OH is 4. The molecule has 0 radical (unpaired) electrons. The number of rotatable bonds is 6. The summed E-state index contributed by atoms with van der Waals surface area (Å²) in [4.78, 5) is 30.5. The van der Waals surface area contributed by atoms with Gasteiger partial charge in [0.25, 0.3) is 0 Å². The first-order valence-electron chi connectivity index (χ1n) is 6.81. The molecule has 13 nitrogen and oxygen atoms in total. The minimum atomic E-state index is -2.74. The Morgan fingerprint density at radius 3 is 1.72 bits per heavy atom. The van der Waals surface area contributed by atoms with Gasteiger partial charge in [-0.1, -0.05) is 0 Å². The summed E-state index contributed by atoms with van der Waals surface area (Å²) >= 11 is 0. The molecule has 5 atom stereocenters. The second-order valence-corrected chi connectivity index (χ2v) is 5.28. The highest BCUT2D eigenvalue weighted by Gasteiger charge is 2.42. The van der Waals surface area contributed by atoms with Crippen molar-refractivity contribution >= 4 is 17.9 Å². The van der Waals surface area contributed by atoms with E-state index in [-0.39, 0.29) is 0 Å². The Bertz CT molecular complexity index is 462. The van der Waals surface area contributed by atoms with E-state index in [4.69, 9.17) is 41.1 Å².